The minimum atomic E-state index is -0.129. The molecule has 0 amide bonds. The molecule has 1 aromatic carbocycles. The van der Waals surface area contributed by atoms with Gasteiger partial charge in [-0.15, -0.1) is 0 Å². The minimum Gasteiger partial charge on any atom is -0.454 e. The standard InChI is InChI=1S/C16H23NO3/c1-4-5-6-13(17-11(2)3)16(18)12-7-8-14-15(9-12)20-10-19-14/h7-9,11,13,17H,4-6,10H2,1-3H3. The molecule has 0 fully saturated rings. The second-order valence-corrected chi connectivity index (χ2v) is 5.45. The Morgan fingerprint density at radius 3 is 2.75 bits per heavy atom. The van der Waals surface area contributed by atoms with Gasteiger partial charge in [0.2, 0.25) is 6.79 Å². The summed E-state index contributed by atoms with van der Waals surface area (Å²) in [5.74, 6) is 1.50. The molecule has 4 nitrogen and oxygen atoms in total. The molecule has 0 saturated carbocycles. The highest BCUT2D eigenvalue weighted by Crippen LogP contribution is 2.32. The van der Waals surface area contributed by atoms with Crippen LogP contribution in [0.4, 0.5) is 0 Å². The van der Waals surface area contributed by atoms with Crippen LogP contribution >= 0.6 is 0 Å². The first-order chi connectivity index (χ1) is 9.61. The summed E-state index contributed by atoms with van der Waals surface area (Å²) in [7, 11) is 0. The normalized spacial score (nSPS) is 14.6. The van der Waals surface area contributed by atoms with Crippen molar-refractivity contribution >= 4 is 5.78 Å². The molecule has 0 aromatic heterocycles. The molecule has 4 heteroatoms. The average molecular weight is 277 g/mol. The lowest BCUT2D eigenvalue weighted by Crippen LogP contribution is -2.40. The summed E-state index contributed by atoms with van der Waals surface area (Å²) in [6, 6.07) is 5.56. The van der Waals surface area contributed by atoms with Crippen LogP contribution in [0.15, 0.2) is 18.2 Å². The lowest BCUT2D eigenvalue weighted by molar-refractivity contribution is 0.0931. The molecule has 1 aliphatic heterocycles. The third-order valence-electron chi connectivity index (χ3n) is 3.35. The number of rotatable bonds is 7. The van der Waals surface area contributed by atoms with Gasteiger partial charge in [0, 0.05) is 11.6 Å². The predicted molar refractivity (Wildman–Crippen MR) is 78.5 cm³/mol. The first-order valence-electron chi connectivity index (χ1n) is 7.31. The fraction of sp³-hybridized carbons (Fsp3) is 0.562. The largest absolute Gasteiger partial charge is 0.454 e. The van der Waals surface area contributed by atoms with Gasteiger partial charge >= 0.3 is 0 Å². The predicted octanol–water partition coefficient (Wildman–Crippen LogP) is 3.15. The van der Waals surface area contributed by atoms with Gasteiger partial charge in [0.05, 0.1) is 6.04 Å². The first-order valence-corrected chi connectivity index (χ1v) is 7.31. The summed E-state index contributed by atoms with van der Waals surface area (Å²) in [5, 5.41) is 3.36. The third-order valence-corrected chi connectivity index (χ3v) is 3.35. The van der Waals surface area contributed by atoms with Crippen molar-refractivity contribution in [1.29, 1.82) is 0 Å². The molecule has 0 bridgehead atoms. The van der Waals surface area contributed by atoms with E-state index in [0.29, 0.717) is 17.1 Å². The van der Waals surface area contributed by atoms with Crippen LogP contribution in [-0.2, 0) is 0 Å². The first kappa shape index (κ1) is 14.9. The fourth-order valence-corrected chi connectivity index (χ4v) is 2.35. The molecule has 1 N–H and O–H groups in total. The van der Waals surface area contributed by atoms with Gasteiger partial charge in [0.15, 0.2) is 17.3 Å². The number of benzene rings is 1. The van der Waals surface area contributed by atoms with Crippen molar-refractivity contribution < 1.29 is 14.3 Å². The molecule has 0 spiro atoms. The van der Waals surface area contributed by atoms with Crippen LogP contribution in [0.2, 0.25) is 0 Å². The number of hydrogen-bond donors (Lipinski definition) is 1. The van der Waals surface area contributed by atoms with Crippen LogP contribution in [0.25, 0.3) is 0 Å². The highest BCUT2D eigenvalue weighted by atomic mass is 16.7. The molecule has 110 valence electrons. The van der Waals surface area contributed by atoms with E-state index >= 15 is 0 Å². The van der Waals surface area contributed by atoms with E-state index < -0.39 is 0 Å². The lowest BCUT2D eigenvalue weighted by atomic mass is 9.98. The summed E-state index contributed by atoms with van der Waals surface area (Å²) in [6.07, 6.45) is 2.99. The van der Waals surface area contributed by atoms with Gasteiger partial charge in [-0.25, -0.2) is 0 Å². The maximum atomic E-state index is 12.6. The molecule has 1 aromatic rings. The molecule has 0 aliphatic carbocycles. The molecule has 1 unspecified atom stereocenters. The van der Waals surface area contributed by atoms with E-state index in [0.717, 1.165) is 19.3 Å². The van der Waals surface area contributed by atoms with E-state index in [1.165, 1.54) is 0 Å². The van der Waals surface area contributed by atoms with Gasteiger partial charge in [-0.1, -0.05) is 33.6 Å². The van der Waals surface area contributed by atoms with E-state index in [-0.39, 0.29) is 24.7 Å². The van der Waals surface area contributed by atoms with Crippen LogP contribution in [0.5, 0.6) is 11.5 Å². The summed E-state index contributed by atoms with van der Waals surface area (Å²) in [6.45, 7) is 6.49. The number of unbranched alkanes of at least 4 members (excludes halogenated alkanes) is 1. The minimum absolute atomic E-state index is 0.129. The Balaban J connectivity index is 2.13. The van der Waals surface area contributed by atoms with Gasteiger partial charge in [0.1, 0.15) is 0 Å². The van der Waals surface area contributed by atoms with Crippen molar-refractivity contribution in [2.45, 2.75) is 52.1 Å². The van der Waals surface area contributed by atoms with Crippen molar-refractivity contribution in [3.05, 3.63) is 23.8 Å². The molecule has 1 heterocycles. The van der Waals surface area contributed by atoms with E-state index in [2.05, 4.69) is 26.1 Å². The Bertz CT molecular complexity index is 471. The zero-order valence-corrected chi connectivity index (χ0v) is 12.4. The highest BCUT2D eigenvalue weighted by Gasteiger charge is 2.22. The van der Waals surface area contributed by atoms with Crippen molar-refractivity contribution in [1.82, 2.24) is 5.32 Å². The number of ketones is 1. The van der Waals surface area contributed by atoms with E-state index in [4.69, 9.17) is 9.47 Å². The molecular formula is C16H23NO3. The second kappa shape index (κ2) is 6.75. The smallest absolute Gasteiger partial charge is 0.231 e. The van der Waals surface area contributed by atoms with Crippen LogP contribution < -0.4 is 14.8 Å². The number of carbonyl (C=O) groups excluding carboxylic acids is 1. The molecule has 1 atom stereocenters. The number of hydrogen-bond acceptors (Lipinski definition) is 4. The summed E-state index contributed by atoms with van der Waals surface area (Å²) in [5.41, 5.74) is 0.684. The van der Waals surface area contributed by atoms with Crippen molar-refractivity contribution in [3.8, 4) is 11.5 Å². The van der Waals surface area contributed by atoms with Crippen LogP contribution in [-0.4, -0.2) is 24.7 Å². The Kier molecular flexibility index (Phi) is 5.01. The Morgan fingerprint density at radius 2 is 2.05 bits per heavy atom. The maximum Gasteiger partial charge on any atom is 0.231 e. The highest BCUT2D eigenvalue weighted by molar-refractivity contribution is 6.00. The van der Waals surface area contributed by atoms with Gasteiger partial charge in [-0.2, -0.15) is 0 Å². The number of carbonyl (C=O) groups is 1. The lowest BCUT2D eigenvalue weighted by Gasteiger charge is -2.20. The summed E-state index contributed by atoms with van der Waals surface area (Å²) < 4.78 is 10.6. The average Bonchev–Trinajstić information content (AvgIpc) is 2.89. The molecular weight excluding hydrogens is 254 g/mol. The summed E-state index contributed by atoms with van der Waals surface area (Å²) >= 11 is 0. The Hall–Kier alpha value is -1.55. The van der Waals surface area contributed by atoms with E-state index in [1.807, 2.05) is 12.1 Å². The van der Waals surface area contributed by atoms with Gasteiger partial charge in [-0.3, -0.25) is 4.79 Å². The van der Waals surface area contributed by atoms with Gasteiger partial charge in [0.25, 0.3) is 0 Å². The van der Waals surface area contributed by atoms with E-state index in [1.54, 1.807) is 6.07 Å². The number of fused-ring (bicyclic) bond motifs is 1. The maximum absolute atomic E-state index is 12.6. The Morgan fingerprint density at radius 1 is 1.30 bits per heavy atom. The van der Waals surface area contributed by atoms with Gasteiger partial charge in [-0.05, 0) is 24.6 Å². The number of nitrogens with one attached hydrogen (secondary N) is 1. The van der Waals surface area contributed by atoms with Crippen LogP contribution in [0, 0.1) is 0 Å². The third kappa shape index (κ3) is 3.51. The molecule has 20 heavy (non-hydrogen) atoms. The molecule has 2 rings (SSSR count). The van der Waals surface area contributed by atoms with Crippen LogP contribution in [0.3, 0.4) is 0 Å². The van der Waals surface area contributed by atoms with Gasteiger partial charge < -0.3 is 14.8 Å². The second-order valence-electron chi connectivity index (χ2n) is 5.45. The number of ether oxygens (including phenoxy) is 2. The summed E-state index contributed by atoms with van der Waals surface area (Å²) in [4.78, 5) is 12.6. The quantitative estimate of drug-likeness (QED) is 0.778. The Labute approximate surface area is 120 Å². The van der Waals surface area contributed by atoms with Crippen LogP contribution in [0.1, 0.15) is 50.4 Å². The SMILES string of the molecule is CCCCC(NC(C)C)C(=O)c1ccc2c(c1)OCO2. The monoisotopic (exact) mass is 277 g/mol. The number of Topliss-reactive ketones (excluding diaryl/α,β-unsaturated/α-hetero) is 1. The zero-order valence-electron chi connectivity index (χ0n) is 12.4. The van der Waals surface area contributed by atoms with E-state index in [9.17, 15) is 4.79 Å². The van der Waals surface area contributed by atoms with Crippen molar-refractivity contribution in [2.24, 2.45) is 0 Å². The molecule has 0 saturated heterocycles. The van der Waals surface area contributed by atoms with Crippen molar-refractivity contribution in [3.63, 3.8) is 0 Å². The fourth-order valence-electron chi connectivity index (χ4n) is 2.35. The molecule has 0 radical (unpaired) electrons. The molecule has 1 aliphatic rings. The topological polar surface area (TPSA) is 47.6 Å². The van der Waals surface area contributed by atoms with Crippen molar-refractivity contribution in [2.75, 3.05) is 6.79 Å². The zero-order chi connectivity index (χ0) is 14.5.